The molecule has 2 aliphatic carbocycles. The predicted octanol–water partition coefficient (Wildman–Crippen LogP) is 4.98. The van der Waals surface area contributed by atoms with Gasteiger partial charge in [0, 0.05) is 21.7 Å². The first-order valence-corrected chi connectivity index (χ1v) is 16.3. The van der Waals surface area contributed by atoms with E-state index < -0.39 is 17.7 Å². The number of nitrogens with zero attached hydrogens (tertiary/aromatic N) is 1. The van der Waals surface area contributed by atoms with Crippen molar-refractivity contribution in [2.45, 2.75) is 22.6 Å². The van der Waals surface area contributed by atoms with E-state index in [0.29, 0.717) is 17.1 Å². The molecule has 2 bridgehead atoms. The van der Waals surface area contributed by atoms with E-state index in [1.54, 1.807) is 30.0 Å². The molecule has 3 amide bonds. The number of hydrogen-bond acceptors (Lipinski definition) is 8. The zero-order valence-electron chi connectivity index (χ0n) is 23.5. The zero-order valence-corrected chi connectivity index (χ0v) is 25.1. The molecule has 3 aromatic carbocycles. The lowest BCUT2D eigenvalue weighted by Crippen LogP contribution is -2.42. The molecule has 4 aromatic rings. The number of aromatic hydroxyl groups is 1. The second kappa shape index (κ2) is 10.6. The van der Waals surface area contributed by atoms with Crippen molar-refractivity contribution in [2.75, 3.05) is 16.8 Å². The fourth-order valence-corrected chi connectivity index (χ4v) is 10.8. The van der Waals surface area contributed by atoms with Gasteiger partial charge in [0.1, 0.15) is 17.3 Å². The largest absolute Gasteiger partial charge is 0.508 e. The molecular formula is C33H26FN3O6S2. The van der Waals surface area contributed by atoms with Crippen molar-refractivity contribution in [3.05, 3.63) is 98.7 Å². The number of carbonyl (C=O) groups is 3. The number of amides is 3. The summed E-state index contributed by atoms with van der Waals surface area (Å²) in [6, 6.07) is 19.1. The lowest BCUT2D eigenvalue weighted by atomic mass is 9.68. The van der Waals surface area contributed by atoms with Crippen molar-refractivity contribution in [2.24, 2.45) is 29.6 Å². The van der Waals surface area contributed by atoms with E-state index in [0.717, 1.165) is 21.9 Å². The van der Waals surface area contributed by atoms with Crippen LogP contribution in [0.1, 0.15) is 22.8 Å². The Bertz CT molecular complexity index is 1910. The number of halogens is 1. The number of ether oxygens (including phenoxy) is 1. The van der Waals surface area contributed by atoms with E-state index in [-0.39, 0.29) is 63.9 Å². The highest BCUT2D eigenvalue weighted by Gasteiger charge is 2.69. The summed E-state index contributed by atoms with van der Waals surface area (Å²) in [5.41, 5.74) is 1.83. The third-order valence-electron chi connectivity index (χ3n) is 9.55. The molecule has 0 radical (unpaired) electrons. The molecule has 1 aromatic heterocycles. The molecule has 8 rings (SSSR count). The van der Waals surface area contributed by atoms with Crippen LogP contribution in [0.4, 0.5) is 15.8 Å². The molecule has 3 heterocycles. The van der Waals surface area contributed by atoms with Crippen LogP contribution < -0.4 is 19.8 Å². The third kappa shape index (κ3) is 4.57. The molecule has 7 atom stereocenters. The van der Waals surface area contributed by atoms with Gasteiger partial charge in [-0.2, -0.15) is 0 Å². The molecule has 2 aliphatic heterocycles. The highest BCUT2D eigenvalue weighted by molar-refractivity contribution is 8.00. The van der Waals surface area contributed by atoms with Gasteiger partial charge in [0.15, 0.2) is 6.61 Å². The van der Waals surface area contributed by atoms with Crippen LogP contribution in [0.5, 0.6) is 11.5 Å². The summed E-state index contributed by atoms with van der Waals surface area (Å²) in [6.07, 6.45) is 0.746. The number of thioether (sulfide) groups is 1. The number of rotatable bonds is 6. The molecule has 9 nitrogen and oxygen atoms in total. The van der Waals surface area contributed by atoms with E-state index in [1.807, 2.05) is 18.2 Å². The Labute approximate surface area is 264 Å². The van der Waals surface area contributed by atoms with Crippen molar-refractivity contribution in [3.63, 3.8) is 0 Å². The van der Waals surface area contributed by atoms with E-state index in [1.165, 1.54) is 52.6 Å². The highest BCUT2D eigenvalue weighted by atomic mass is 32.2. The minimum Gasteiger partial charge on any atom is -0.508 e. The molecule has 4 aliphatic rings. The number of H-pyrrole nitrogens is 1. The Morgan fingerprint density at radius 2 is 1.73 bits per heavy atom. The van der Waals surface area contributed by atoms with Gasteiger partial charge in [-0.3, -0.25) is 24.1 Å². The lowest BCUT2D eigenvalue weighted by molar-refractivity contribution is -0.123. The number of fused-ring (bicyclic) bond motifs is 9. The molecule has 0 unspecified atom stereocenters. The number of phenols is 1. The molecule has 45 heavy (non-hydrogen) atoms. The summed E-state index contributed by atoms with van der Waals surface area (Å²) in [5.74, 6) is -1.93. The minimum atomic E-state index is -0.475. The predicted molar refractivity (Wildman–Crippen MR) is 166 cm³/mol. The molecule has 228 valence electrons. The smallest absolute Gasteiger partial charge is 0.305 e. The van der Waals surface area contributed by atoms with Crippen LogP contribution in [0.2, 0.25) is 0 Å². The zero-order chi connectivity index (χ0) is 31.0. The number of phenolic OH excluding ortho intramolecular Hbond substituents is 1. The van der Waals surface area contributed by atoms with Crippen molar-refractivity contribution in [1.29, 1.82) is 0 Å². The quantitative estimate of drug-likeness (QED) is 0.200. The summed E-state index contributed by atoms with van der Waals surface area (Å²) >= 11 is 2.77. The Morgan fingerprint density at radius 3 is 2.49 bits per heavy atom. The summed E-state index contributed by atoms with van der Waals surface area (Å²) in [5, 5.41) is 13.0. The number of carbonyl (C=O) groups excluding carboxylic acids is 3. The van der Waals surface area contributed by atoms with Gasteiger partial charge in [-0.1, -0.05) is 23.5 Å². The fraction of sp³-hybridized carbons (Fsp3) is 0.273. The second-order valence-corrected chi connectivity index (χ2v) is 14.1. The number of imide groups is 1. The number of anilines is 2. The van der Waals surface area contributed by atoms with Crippen LogP contribution >= 0.6 is 23.1 Å². The van der Waals surface area contributed by atoms with Gasteiger partial charge < -0.3 is 20.1 Å². The van der Waals surface area contributed by atoms with Gasteiger partial charge >= 0.3 is 4.87 Å². The number of thiazole rings is 1. The molecular weight excluding hydrogens is 618 g/mol. The average molecular weight is 644 g/mol. The minimum absolute atomic E-state index is 0.00170. The number of benzene rings is 3. The first-order chi connectivity index (χ1) is 21.8. The number of nitrogens with one attached hydrogen (secondary N) is 2. The van der Waals surface area contributed by atoms with Crippen LogP contribution in [0.15, 0.2) is 82.6 Å². The maximum Gasteiger partial charge on any atom is 0.305 e. The normalized spacial score (nSPS) is 27.7. The first-order valence-electron chi connectivity index (χ1n) is 14.6. The maximum atomic E-state index is 13.9. The van der Waals surface area contributed by atoms with Crippen LogP contribution in [0, 0.1) is 35.4 Å². The van der Waals surface area contributed by atoms with Crippen molar-refractivity contribution in [3.8, 4) is 11.5 Å². The molecule has 2 saturated carbocycles. The van der Waals surface area contributed by atoms with Gasteiger partial charge in [-0.15, -0.1) is 11.8 Å². The molecule has 12 heteroatoms. The Balaban J connectivity index is 1.08. The van der Waals surface area contributed by atoms with Gasteiger partial charge in [0.05, 0.1) is 22.5 Å². The first kappa shape index (κ1) is 28.1. The summed E-state index contributed by atoms with van der Waals surface area (Å²) in [6.45, 7) is -0.232. The summed E-state index contributed by atoms with van der Waals surface area (Å²) in [4.78, 5) is 57.7. The van der Waals surface area contributed by atoms with Crippen molar-refractivity contribution >= 4 is 52.2 Å². The van der Waals surface area contributed by atoms with Gasteiger partial charge in [0.2, 0.25) is 11.8 Å². The van der Waals surface area contributed by atoms with Gasteiger partial charge in [-0.05, 0) is 90.4 Å². The van der Waals surface area contributed by atoms with Crippen molar-refractivity contribution < 1.29 is 28.6 Å². The third-order valence-corrected chi connectivity index (χ3v) is 12.1. The Morgan fingerprint density at radius 1 is 1.00 bits per heavy atom. The van der Waals surface area contributed by atoms with E-state index in [9.17, 15) is 28.7 Å². The average Bonchev–Trinajstić information content (AvgIpc) is 3.77. The van der Waals surface area contributed by atoms with Crippen LogP contribution in [-0.2, 0) is 14.4 Å². The van der Waals surface area contributed by atoms with Crippen molar-refractivity contribution in [1.82, 2.24) is 4.98 Å². The monoisotopic (exact) mass is 643 g/mol. The molecule has 3 N–H and O–H groups in total. The molecule has 0 spiro atoms. The second-order valence-electron chi connectivity index (χ2n) is 11.9. The number of hydrogen-bond donors (Lipinski definition) is 3. The van der Waals surface area contributed by atoms with E-state index in [2.05, 4.69) is 10.3 Å². The van der Waals surface area contributed by atoms with Gasteiger partial charge in [-0.25, -0.2) is 4.39 Å². The molecule has 1 saturated heterocycles. The lowest BCUT2D eigenvalue weighted by Gasteiger charge is -2.43. The van der Waals surface area contributed by atoms with Crippen LogP contribution in [0.25, 0.3) is 0 Å². The topological polar surface area (TPSA) is 129 Å². The fourth-order valence-electron chi connectivity index (χ4n) is 7.92. The standard InChI is InChI=1S/C33H26FN3O6S2/c34-16-4-8-18(9-5-16)37-31(40)26-21-13-22(27(26)32(37)41)28-25(21)24(29-30(44-28)36-33(42)45-29)15-2-1-3-20(12-15)43-14-23(39)35-17-6-10-19(38)11-7-17/h1-12,21-22,24-28,38H,13-14H2,(H,35,39)(H,36,42)/t21-,22-,24+,25-,26+,27+,28-/m1/s1. The number of aromatic amines is 1. The highest BCUT2D eigenvalue weighted by Crippen LogP contribution is 2.68. The summed E-state index contributed by atoms with van der Waals surface area (Å²) in [7, 11) is 0. The Hall–Kier alpha value is -4.42. The number of aromatic nitrogens is 1. The SMILES string of the molecule is O=C(COc1cccc([C@@H]2c3sc(=O)[nH]c3S[C@@H]3[C@@H]4C[C@@H]([C@@H]5C(=O)N(c6ccc(F)cc6)C(=O)[C@@H]45)[C@H]23)c1)Nc1ccc(O)cc1. The summed E-state index contributed by atoms with van der Waals surface area (Å²) < 4.78 is 19.5. The molecule has 3 fully saturated rings. The maximum absolute atomic E-state index is 13.9. The van der Waals surface area contributed by atoms with Crippen LogP contribution in [-0.4, -0.2) is 39.7 Å². The Kier molecular flexibility index (Phi) is 6.61. The van der Waals surface area contributed by atoms with E-state index in [4.69, 9.17) is 4.74 Å². The van der Waals surface area contributed by atoms with Crippen LogP contribution in [0.3, 0.4) is 0 Å². The van der Waals surface area contributed by atoms with Gasteiger partial charge in [0.25, 0.3) is 5.91 Å². The van der Waals surface area contributed by atoms with E-state index >= 15 is 0 Å².